The molecule has 2 fully saturated rings. The number of sulfonamides is 1. The van der Waals surface area contributed by atoms with Gasteiger partial charge in [0.1, 0.15) is 34.5 Å². The first-order valence-corrected chi connectivity index (χ1v) is 22.6. The lowest BCUT2D eigenvalue weighted by Crippen LogP contribution is -2.54. The monoisotopic (exact) mass is 865 g/mol. The van der Waals surface area contributed by atoms with Crippen LogP contribution in [0.1, 0.15) is 42.6 Å². The molecule has 0 bridgehead atoms. The SMILES string of the molecule is CCOc1cc(N2CCC(N3CCN(S(C)(=O)=O)CC3)CC2)c(CC)cc1Nc1nccc(-c2c(-c3ccc(OC)c(C(=O)Nc4c(F)cccc4F)c3)nc3ccccn23)n1. The van der Waals surface area contributed by atoms with Gasteiger partial charge in [-0.15, -0.1) is 0 Å². The Morgan fingerprint density at radius 3 is 2.34 bits per heavy atom. The minimum Gasteiger partial charge on any atom is -0.496 e. The summed E-state index contributed by atoms with van der Waals surface area (Å²) < 4.78 is 68.3. The first-order valence-electron chi connectivity index (χ1n) is 20.7. The fraction of sp³-hybridized carbons (Fsp3) is 0.333. The van der Waals surface area contributed by atoms with Crippen molar-refractivity contribution in [1.82, 2.24) is 28.6 Å². The van der Waals surface area contributed by atoms with Crippen LogP contribution in [0.25, 0.3) is 28.3 Å². The summed E-state index contributed by atoms with van der Waals surface area (Å²) in [7, 11) is -1.76. The summed E-state index contributed by atoms with van der Waals surface area (Å²) in [5.74, 6) is -1.37. The molecule has 1 amide bonds. The number of ether oxygens (including phenoxy) is 2. The highest BCUT2D eigenvalue weighted by molar-refractivity contribution is 7.88. The summed E-state index contributed by atoms with van der Waals surface area (Å²) in [5, 5.41) is 5.79. The average molecular weight is 866 g/mol. The molecule has 0 atom stereocenters. The second-order valence-corrected chi connectivity index (χ2v) is 17.3. The van der Waals surface area contributed by atoms with Crippen LogP contribution in [0.4, 0.5) is 31.8 Å². The maximum absolute atomic E-state index is 14.5. The minimum atomic E-state index is -3.17. The molecule has 0 spiro atoms. The molecule has 0 saturated carbocycles. The zero-order valence-electron chi connectivity index (χ0n) is 35.1. The number of amides is 1. The van der Waals surface area contributed by atoms with Crippen LogP contribution in [0.3, 0.4) is 0 Å². The number of benzene rings is 3. The third-order valence-electron chi connectivity index (χ3n) is 11.5. The minimum absolute atomic E-state index is 0.0497. The first-order chi connectivity index (χ1) is 29.9. The number of rotatable bonds is 13. The highest BCUT2D eigenvalue weighted by Crippen LogP contribution is 2.39. The molecule has 14 nitrogen and oxygen atoms in total. The molecule has 62 heavy (non-hydrogen) atoms. The van der Waals surface area contributed by atoms with Crippen molar-refractivity contribution in [1.29, 1.82) is 0 Å². The predicted octanol–water partition coefficient (Wildman–Crippen LogP) is 7.25. The number of halogens is 2. The van der Waals surface area contributed by atoms with Crippen LogP contribution < -0.4 is 25.0 Å². The molecule has 2 aliphatic rings. The van der Waals surface area contributed by atoms with E-state index in [0.717, 1.165) is 74.5 Å². The molecular weight excluding hydrogens is 817 g/mol. The van der Waals surface area contributed by atoms with Crippen molar-refractivity contribution in [2.24, 2.45) is 0 Å². The third kappa shape index (κ3) is 8.78. The Bertz CT molecular complexity index is 2700. The van der Waals surface area contributed by atoms with Crippen LogP contribution in [-0.2, 0) is 16.4 Å². The van der Waals surface area contributed by atoms with Gasteiger partial charge in [0.2, 0.25) is 16.0 Å². The van der Waals surface area contributed by atoms with E-state index in [-0.39, 0.29) is 11.3 Å². The summed E-state index contributed by atoms with van der Waals surface area (Å²) >= 11 is 0. The number of para-hydroxylation sites is 1. The van der Waals surface area contributed by atoms with Gasteiger partial charge in [-0.2, -0.15) is 4.31 Å². The van der Waals surface area contributed by atoms with Crippen molar-refractivity contribution < 1.29 is 31.5 Å². The number of fused-ring (bicyclic) bond motifs is 1. The molecule has 0 aliphatic carbocycles. The number of carbonyl (C=O) groups excluding carboxylic acids is 1. The Morgan fingerprint density at radius 1 is 0.887 bits per heavy atom. The summed E-state index contributed by atoms with van der Waals surface area (Å²) in [6.45, 7) is 8.84. The fourth-order valence-electron chi connectivity index (χ4n) is 8.38. The molecule has 2 N–H and O–H groups in total. The van der Waals surface area contributed by atoms with E-state index in [9.17, 15) is 22.0 Å². The molecule has 6 aromatic rings. The number of imidazole rings is 1. The van der Waals surface area contributed by atoms with Crippen molar-refractivity contribution >= 4 is 44.6 Å². The lowest BCUT2D eigenvalue weighted by Gasteiger charge is -2.43. The second kappa shape index (κ2) is 18.0. The Hall–Kier alpha value is -6.17. The molecule has 2 aliphatic heterocycles. The maximum Gasteiger partial charge on any atom is 0.259 e. The Morgan fingerprint density at radius 2 is 1.65 bits per heavy atom. The number of hydrogen-bond acceptors (Lipinski definition) is 11. The van der Waals surface area contributed by atoms with Gasteiger partial charge in [-0.3, -0.25) is 14.1 Å². The van der Waals surface area contributed by atoms with Gasteiger partial charge >= 0.3 is 0 Å². The van der Waals surface area contributed by atoms with Gasteiger partial charge in [0.25, 0.3) is 5.91 Å². The highest BCUT2D eigenvalue weighted by atomic mass is 32.2. The van der Waals surface area contributed by atoms with Crippen LogP contribution in [-0.4, -0.2) is 108 Å². The van der Waals surface area contributed by atoms with E-state index in [4.69, 9.17) is 19.4 Å². The molecular formula is C45H49F2N9O5S. The molecule has 3 aromatic carbocycles. The number of piperazine rings is 1. The molecule has 0 unspecified atom stereocenters. The zero-order valence-corrected chi connectivity index (χ0v) is 35.9. The molecule has 0 radical (unpaired) electrons. The lowest BCUT2D eigenvalue weighted by molar-refractivity contribution is 0.102. The van der Waals surface area contributed by atoms with Crippen molar-refractivity contribution in [2.45, 2.75) is 39.2 Å². The number of nitrogens with one attached hydrogen (secondary N) is 2. The normalized spacial score (nSPS) is 15.5. The number of pyridine rings is 1. The highest BCUT2D eigenvalue weighted by Gasteiger charge is 2.31. The second-order valence-electron chi connectivity index (χ2n) is 15.3. The van der Waals surface area contributed by atoms with E-state index in [2.05, 4.69) is 44.5 Å². The van der Waals surface area contributed by atoms with Gasteiger partial charge in [0.05, 0.1) is 48.3 Å². The lowest BCUT2D eigenvalue weighted by atomic mass is 9.99. The molecule has 3 aromatic heterocycles. The largest absolute Gasteiger partial charge is 0.496 e. The molecule has 2 saturated heterocycles. The smallest absolute Gasteiger partial charge is 0.259 e. The van der Waals surface area contributed by atoms with Crippen LogP contribution in [0.15, 0.2) is 85.2 Å². The van der Waals surface area contributed by atoms with Gasteiger partial charge in [-0.05, 0) is 86.3 Å². The number of piperidine rings is 1. The van der Waals surface area contributed by atoms with Crippen LogP contribution in [0.2, 0.25) is 0 Å². The van der Waals surface area contributed by atoms with E-state index in [1.807, 2.05) is 35.7 Å². The predicted molar refractivity (Wildman–Crippen MR) is 236 cm³/mol. The van der Waals surface area contributed by atoms with Crippen molar-refractivity contribution in [2.75, 3.05) is 74.8 Å². The van der Waals surface area contributed by atoms with E-state index in [1.165, 1.54) is 19.4 Å². The van der Waals surface area contributed by atoms with Crippen molar-refractivity contribution in [3.05, 3.63) is 108 Å². The van der Waals surface area contributed by atoms with Gasteiger partial charge in [0.15, 0.2) is 0 Å². The van der Waals surface area contributed by atoms with E-state index in [0.29, 0.717) is 65.7 Å². The summed E-state index contributed by atoms with van der Waals surface area (Å²) in [5.41, 5.74) is 5.31. The zero-order chi connectivity index (χ0) is 43.5. The summed E-state index contributed by atoms with van der Waals surface area (Å²) in [6.07, 6.45) is 7.56. The first kappa shape index (κ1) is 42.5. The van der Waals surface area contributed by atoms with E-state index < -0.39 is 33.3 Å². The number of methoxy groups -OCH3 is 1. The number of hydrogen-bond donors (Lipinski definition) is 2. The molecule has 5 heterocycles. The van der Waals surface area contributed by atoms with Gasteiger partial charge in [0, 0.05) is 75.0 Å². The quantitative estimate of drug-likeness (QED) is 0.121. The van der Waals surface area contributed by atoms with Crippen molar-refractivity contribution in [3.63, 3.8) is 0 Å². The van der Waals surface area contributed by atoms with Crippen LogP contribution in [0.5, 0.6) is 11.5 Å². The Labute approximate surface area is 359 Å². The van der Waals surface area contributed by atoms with Crippen molar-refractivity contribution in [3.8, 4) is 34.1 Å². The fourth-order valence-corrected chi connectivity index (χ4v) is 9.21. The van der Waals surface area contributed by atoms with Gasteiger partial charge in [-0.25, -0.2) is 32.2 Å². The summed E-state index contributed by atoms with van der Waals surface area (Å²) in [4.78, 5) is 32.9. The topological polar surface area (TPSA) is 147 Å². The van der Waals surface area contributed by atoms with Crippen LogP contribution in [0, 0.1) is 11.6 Å². The average Bonchev–Trinajstić information content (AvgIpc) is 3.67. The molecule has 324 valence electrons. The maximum atomic E-state index is 14.5. The summed E-state index contributed by atoms with van der Waals surface area (Å²) in [6, 6.07) is 20.3. The van der Waals surface area contributed by atoms with Gasteiger partial charge in [-0.1, -0.05) is 19.1 Å². The number of anilines is 4. The van der Waals surface area contributed by atoms with Gasteiger partial charge < -0.3 is 25.0 Å². The third-order valence-corrected chi connectivity index (χ3v) is 12.8. The van der Waals surface area contributed by atoms with Crippen LogP contribution >= 0.6 is 0 Å². The van der Waals surface area contributed by atoms with E-state index in [1.54, 1.807) is 34.8 Å². The number of aromatic nitrogens is 4. The standard InChI is InChI=1S/C45H49F2N9O5S/c1-5-29-27-36(39(61-6-2)28-37(29)54-20-16-31(17-21-54)53-22-24-55(25-23-53)62(4,58)59)50-45-48-18-15-35(49-45)43-41(51-40-12-7-8-19-56(40)43)30-13-14-38(60-3)32(26-30)44(57)52-42-33(46)10-9-11-34(42)47/h7-15,18-19,26-28,31H,5-6,16-17,20-25H2,1-4H3,(H,52,57)(H,48,49,50). The Balaban J connectivity index is 1.07. The molecule has 17 heteroatoms. The number of aryl methyl sites for hydroxylation is 1. The number of nitrogens with zero attached hydrogens (tertiary/aromatic N) is 7. The number of carbonyl (C=O) groups is 1. The molecule has 8 rings (SSSR count). The van der Waals surface area contributed by atoms with E-state index >= 15 is 0 Å². The Kier molecular flexibility index (Phi) is 12.4.